The molecule has 103 heavy (non-hydrogen) atoms. The third kappa shape index (κ3) is 78.0. The van der Waals surface area contributed by atoms with Gasteiger partial charge in [-0.15, -0.1) is 0 Å². The van der Waals surface area contributed by atoms with E-state index >= 15 is 0 Å². The molecule has 0 heterocycles. The Hall–Kier alpha value is -1.94. The summed E-state index contributed by atoms with van der Waals surface area (Å²) in [6.45, 7) is 7.37. The van der Waals surface area contributed by atoms with Crippen LogP contribution < -0.4 is 0 Å². The fourth-order valence-corrected chi connectivity index (χ4v) is 14.7. The molecule has 612 valence electrons. The number of esters is 4. The van der Waals surface area contributed by atoms with Crippen LogP contribution in [0.2, 0.25) is 0 Å². The molecular formula is C84H164O17P2. The third-order valence-electron chi connectivity index (χ3n) is 19.8. The number of carbonyl (C=O) groups excluding carboxylic acids is 4. The molecule has 0 saturated carbocycles. The van der Waals surface area contributed by atoms with Crippen molar-refractivity contribution in [3.8, 4) is 0 Å². The number of phosphoric ester groups is 2. The molecule has 3 N–H and O–H groups in total. The number of hydrogen-bond donors (Lipinski definition) is 3. The van der Waals surface area contributed by atoms with Crippen LogP contribution in [0, 0.1) is 5.92 Å². The van der Waals surface area contributed by atoms with E-state index in [2.05, 4.69) is 34.6 Å². The third-order valence-corrected chi connectivity index (χ3v) is 21.7. The zero-order valence-corrected chi connectivity index (χ0v) is 69.3. The lowest BCUT2D eigenvalue weighted by Crippen LogP contribution is -2.30. The Labute approximate surface area is 632 Å². The number of aliphatic hydroxyl groups excluding tert-OH is 1. The first-order chi connectivity index (χ1) is 50.0. The van der Waals surface area contributed by atoms with Crippen LogP contribution in [0.4, 0.5) is 0 Å². The molecular weight excluding hydrogens is 1340 g/mol. The quantitative estimate of drug-likeness (QED) is 0.0222. The minimum Gasteiger partial charge on any atom is -0.462 e. The minimum atomic E-state index is -4.96. The molecule has 19 heteroatoms. The van der Waals surface area contributed by atoms with Gasteiger partial charge in [0.1, 0.15) is 19.3 Å². The second kappa shape index (κ2) is 76.8. The first kappa shape index (κ1) is 101. The molecule has 0 aromatic carbocycles. The van der Waals surface area contributed by atoms with E-state index in [1.807, 2.05) is 0 Å². The Kier molecular flexibility index (Phi) is 75.4. The average molecular weight is 1510 g/mol. The maximum Gasteiger partial charge on any atom is 0.472 e. The van der Waals surface area contributed by atoms with Crippen molar-refractivity contribution < 1.29 is 80.2 Å². The van der Waals surface area contributed by atoms with Gasteiger partial charge in [0, 0.05) is 25.7 Å². The molecule has 0 aliphatic carbocycles. The van der Waals surface area contributed by atoms with Gasteiger partial charge in [-0.25, -0.2) is 9.13 Å². The number of phosphoric acid groups is 2. The summed E-state index contributed by atoms with van der Waals surface area (Å²) in [5, 5.41) is 10.7. The van der Waals surface area contributed by atoms with E-state index in [1.165, 1.54) is 276 Å². The summed E-state index contributed by atoms with van der Waals surface area (Å²) in [4.78, 5) is 73.1. The summed E-state index contributed by atoms with van der Waals surface area (Å²) < 4.78 is 68.8. The predicted octanol–water partition coefficient (Wildman–Crippen LogP) is 25.6. The van der Waals surface area contributed by atoms with Crippen LogP contribution in [0.5, 0.6) is 0 Å². The van der Waals surface area contributed by atoms with E-state index in [0.717, 1.165) is 95.8 Å². The van der Waals surface area contributed by atoms with Gasteiger partial charge in [-0.2, -0.15) is 0 Å². The molecule has 0 bridgehead atoms. The Morgan fingerprint density at radius 2 is 0.447 bits per heavy atom. The van der Waals surface area contributed by atoms with E-state index in [0.29, 0.717) is 25.7 Å². The molecule has 0 aliphatic rings. The van der Waals surface area contributed by atoms with Crippen molar-refractivity contribution in [2.45, 2.75) is 470 Å². The summed E-state index contributed by atoms with van der Waals surface area (Å²) in [6, 6.07) is 0. The molecule has 5 atom stereocenters. The second-order valence-electron chi connectivity index (χ2n) is 30.7. The Bertz CT molecular complexity index is 1960. The highest BCUT2D eigenvalue weighted by Gasteiger charge is 2.30. The zero-order valence-electron chi connectivity index (χ0n) is 67.5. The maximum absolute atomic E-state index is 13.1. The van der Waals surface area contributed by atoms with Gasteiger partial charge in [0.05, 0.1) is 26.4 Å². The zero-order chi connectivity index (χ0) is 75.5. The highest BCUT2D eigenvalue weighted by Crippen LogP contribution is 2.45. The Morgan fingerprint density at radius 1 is 0.262 bits per heavy atom. The fraction of sp³-hybridized carbons (Fsp3) is 0.952. The van der Waals surface area contributed by atoms with Crippen molar-refractivity contribution in [3.63, 3.8) is 0 Å². The van der Waals surface area contributed by atoms with Crippen LogP contribution in [-0.2, 0) is 65.4 Å². The van der Waals surface area contributed by atoms with Crippen molar-refractivity contribution in [3.05, 3.63) is 0 Å². The highest BCUT2D eigenvalue weighted by atomic mass is 31.2. The molecule has 0 rings (SSSR count). The van der Waals surface area contributed by atoms with Gasteiger partial charge in [-0.3, -0.25) is 37.3 Å². The molecule has 17 nitrogen and oxygen atoms in total. The van der Waals surface area contributed by atoms with Gasteiger partial charge in [0.2, 0.25) is 0 Å². The molecule has 0 aromatic rings. The molecule has 0 amide bonds. The van der Waals surface area contributed by atoms with Crippen LogP contribution >= 0.6 is 15.6 Å². The van der Waals surface area contributed by atoms with Gasteiger partial charge in [0.15, 0.2) is 12.2 Å². The first-order valence-corrected chi connectivity index (χ1v) is 46.6. The van der Waals surface area contributed by atoms with E-state index in [9.17, 15) is 43.2 Å². The van der Waals surface area contributed by atoms with Crippen molar-refractivity contribution in [2.75, 3.05) is 39.6 Å². The van der Waals surface area contributed by atoms with Crippen LogP contribution in [0.25, 0.3) is 0 Å². The van der Waals surface area contributed by atoms with Gasteiger partial charge < -0.3 is 33.8 Å². The highest BCUT2D eigenvalue weighted by molar-refractivity contribution is 7.47. The SMILES string of the molecule is CCCCCCCCCCCCCCCCCCCCCCCCC(=O)O[C@H](COC(=O)CCCCCCCCCCCCCCCCCC(C)C)COP(=O)(O)OC[C@@H](O)COP(=O)(O)OC[C@@H](COC(=O)CCCCCCCCCCCC)OC(=O)CCCCCCCCCCCCCCC. The van der Waals surface area contributed by atoms with Gasteiger partial charge in [-0.05, 0) is 31.6 Å². The normalized spacial score (nSPS) is 13.8. The van der Waals surface area contributed by atoms with Gasteiger partial charge in [0.25, 0.3) is 0 Å². The van der Waals surface area contributed by atoms with Crippen LogP contribution in [0.3, 0.4) is 0 Å². The van der Waals surface area contributed by atoms with Crippen LogP contribution in [0.15, 0.2) is 0 Å². The minimum absolute atomic E-state index is 0.108. The number of hydrogen-bond acceptors (Lipinski definition) is 15. The lowest BCUT2D eigenvalue weighted by Gasteiger charge is -2.21. The van der Waals surface area contributed by atoms with Crippen LogP contribution in [0.1, 0.15) is 452 Å². The standard InChI is InChI=1S/C84H164O17P2/c1-6-9-12-15-18-21-24-26-27-28-29-30-31-32-33-36-41-45-50-55-60-65-70-84(89)101-80(74-95-82(87)68-63-58-53-48-43-40-37-34-35-39-42-46-51-56-61-66-77(4)5)76-99-103(92,93)97-72-78(85)71-96-102(90,91)98-75-79(73-94-81(86)67-62-57-52-47-23-20-17-14-11-8-3)100-83(88)69-64-59-54-49-44-38-25-22-19-16-13-10-7-2/h77-80,85H,6-76H2,1-5H3,(H,90,91)(H,92,93)/t78-,79+,80+/m0/s1. The molecule has 2 unspecified atom stereocenters. The number of aliphatic hydroxyl groups is 1. The van der Waals surface area contributed by atoms with Crippen molar-refractivity contribution >= 4 is 39.5 Å². The number of carbonyl (C=O) groups is 4. The maximum atomic E-state index is 13.1. The largest absolute Gasteiger partial charge is 0.472 e. The summed E-state index contributed by atoms with van der Waals surface area (Å²) >= 11 is 0. The van der Waals surface area contributed by atoms with E-state index in [-0.39, 0.29) is 25.7 Å². The summed E-state index contributed by atoms with van der Waals surface area (Å²) in [7, 11) is -9.92. The van der Waals surface area contributed by atoms with E-state index in [4.69, 9.17) is 37.0 Å². The molecule has 0 aliphatic heterocycles. The predicted molar refractivity (Wildman–Crippen MR) is 423 cm³/mol. The number of ether oxygens (including phenoxy) is 4. The molecule has 0 radical (unpaired) electrons. The smallest absolute Gasteiger partial charge is 0.462 e. The fourth-order valence-electron chi connectivity index (χ4n) is 13.1. The Morgan fingerprint density at radius 3 is 0.660 bits per heavy atom. The first-order valence-electron chi connectivity index (χ1n) is 43.6. The summed E-state index contributed by atoms with van der Waals surface area (Å²) in [5.74, 6) is -1.30. The van der Waals surface area contributed by atoms with Crippen molar-refractivity contribution in [2.24, 2.45) is 5.92 Å². The molecule has 0 fully saturated rings. The van der Waals surface area contributed by atoms with Crippen molar-refractivity contribution in [1.29, 1.82) is 0 Å². The lowest BCUT2D eigenvalue weighted by atomic mass is 10.0. The number of unbranched alkanes of at least 4 members (excludes halogenated alkanes) is 56. The molecule has 0 aromatic heterocycles. The molecule has 0 spiro atoms. The van der Waals surface area contributed by atoms with E-state index in [1.54, 1.807) is 0 Å². The van der Waals surface area contributed by atoms with Crippen LogP contribution in [-0.4, -0.2) is 96.7 Å². The second-order valence-corrected chi connectivity index (χ2v) is 33.6. The number of rotatable bonds is 84. The van der Waals surface area contributed by atoms with Gasteiger partial charge >= 0.3 is 39.5 Å². The summed E-state index contributed by atoms with van der Waals surface area (Å²) in [5.41, 5.74) is 0. The summed E-state index contributed by atoms with van der Waals surface area (Å²) in [6.07, 6.45) is 69.4. The van der Waals surface area contributed by atoms with Gasteiger partial charge in [-0.1, -0.05) is 401 Å². The molecule has 0 saturated heterocycles. The topological polar surface area (TPSA) is 237 Å². The van der Waals surface area contributed by atoms with E-state index < -0.39 is 97.5 Å². The lowest BCUT2D eigenvalue weighted by molar-refractivity contribution is -0.161. The average Bonchev–Trinajstić information content (AvgIpc) is 0.919. The Balaban J connectivity index is 5.20. The van der Waals surface area contributed by atoms with Crippen molar-refractivity contribution in [1.82, 2.24) is 0 Å². The monoisotopic (exact) mass is 1510 g/mol.